The number of alkyl carbamates (subject to hydrolysis) is 1. The highest BCUT2D eigenvalue weighted by molar-refractivity contribution is 5.68. The van der Waals surface area contributed by atoms with E-state index in [0.29, 0.717) is 12.8 Å². The van der Waals surface area contributed by atoms with Gasteiger partial charge in [0.05, 0.1) is 18.2 Å². The highest BCUT2D eigenvalue weighted by Gasteiger charge is 2.34. The van der Waals surface area contributed by atoms with Crippen LogP contribution >= 0.6 is 0 Å². The second kappa shape index (κ2) is 6.91. The standard InChI is InChI=1S/C17H29N3O3/c1-11(2)15-18-8-9-20(15)14-10-12(21)6-7-13(14)19-16(22)23-17(3,4)5/h8-9,11-14,21H,6-7,10H2,1-5H3,(H,19,22). The van der Waals surface area contributed by atoms with E-state index in [0.717, 1.165) is 12.2 Å². The van der Waals surface area contributed by atoms with Crippen LogP contribution in [-0.4, -0.2) is 38.5 Å². The van der Waals surface area contributed by atoms with Crippen LogP contribution in [0, 0.1) is 0 Å². The van der Waals surface area contributed by atoms with Crippen molar-refractivity contribution in [2.75, 3.05) is 0 Å². The molecular weight excluding hydrogens is 294 g/mol. The quantitative estimate of drug-likeness (QED) is 0.896. The summed E-state index contributed by atoms with van der Waals surface area (Å²) in [6.07, 6.45) is 4.97. The lowest BCUT2D eigenvalue weighted by Crippen LogP contribution is -2.47. The predicted octanol–water partition coefficient (Wildman–Crippen LogP) is 2.99. The molecule has 0 bridgehead atoms. The van der Waals surface area contributed by atoms with Gasteiger partial charge in [0, 0.05) is 18.3 Å². The number of hydrogen-bond acceptors (Lipinski definition) is 4. The van der Waals surface area contributed by atoms with Crippen molar-refractivity contribution in [3.05, 3.63) is 18.2 Å². The molecule has 3 unspecified atom stereocenters. The number of aromatic nitrogens is 2. The van der Waals surface area contributed by atoms with Crippen molar-refractivity contribution in [2.45, 2.75) is 83.6 Å². The molecule has 1 heterocycles. The Kier molecular flexibility index (Phi) is 5.34. The number of aliphatic hydroxyl groups excluding tert-OH is 1. The molecule has 0 aromatic carbocycles. The van der Waals surface area contributed by atoms with Gasteiger partial charge in [0.25, 0.3) is 0 Å². The van der Waals surface area contributed by atoms with Gasteiger partial charge in [0.15, 0.2) is 0 Å². The van der Waals surface area contributed by atoms with Crippen LogP contribution in [0.1, 0.15) is 71.7 Å². The van der Waals surface area contributed by atoms with Crippen LogP contribution < -0.4 is 5.32 Å². The maximum absolute atomic E-state index is 12.1. The highest BCUT2D eigenvalue weighted by Crippen LogP contribution is 2.31. The molecule has 1 aromatic heterocycles. The zero-order chi connectivity index (χ0) is 17.2. The summed E-state index contributed by atoms with van der Waals surface area (Å²) in [5.41, 5.74) is -0.522. The minimum Gasteiger partial charge on any atom is -0.444 e. The van der Waals surface area contributed by atoms with Crippen LogP contribution in [0.3, 0.4) is 0 Å². The van der Waals surface area contributed by atoms with E-state index in [9.17, 15) is 9.90 Å². The Morgan fingerprint density at radius 3 is 2.74 bits per heavy atom. The number of ether oxygens (including phenoxy) is 1. The van der Waals surface area contributed by atoms with Crippen LogP contribution in [0.4, 0.5) is 4.79 Å². The van der Waals surface area contributed by atoms with Crippen LogP contribution in [0.2, 0.25) is 0 Å². The van der Waals surface area contributed by atoms with E-state index in [4.69, 9.17) is 4.74 Å². The van der Waals surface area contributed by atoms with Crippen molar-refractivity contribution in [3.63, 3.8) is 0 Å². The minimum atomic E-state index is -0.522. The number of carbonyl (C=O) groups is 1. The van der Waals surface area contributed by atoms with Gasteiger partial charge < -0.3 is 19.7 Å². The number of nitrogens with zero attached hydrogens (tertiary/aromatic N) is 2. The smallest absolute Gasteiger partial charge is 0.407 e. The van der Waals surface area contributed by atoms with E-state index >= 15 is 0 Å². The van der Waals surface area contributed by atoms with Crippen molar-refractivity contribution < 1.29 is 14.6 Å². The normalized spacial score (nSPS) is 25.4. The predicted molar refractivity (Wildman–Crippen MR) is 88.4 cm³/mol. The minimum absolute atomic E-state index is 0.00818. The maximum atomic E-state index is 12.1. The van der Waals surface area contributed by atoms with Gasteiger partial charge in [0.2, 0.25) is 0 Å². The zero-order valence-corrected chi connectivity index (χ0v) is 14.7. The third-order valence-corrected chi connectivity index (χ3v) is 4.06. The van der Waals surface area contributed by atoms with Crippen LogP contribution in [0.15, 0.2) is 12.4 Å². The summed E-state index contributed by atoms with van der Waals surface area (Å²) < 4.78 is 7.47. The van der Waals surface area contributed by atoms with E-state index in [-0.39, 0.29) is 24.1 Å². The van der Waals surface area contributed by atoms with E-state index in [1.165, 1.54) is 0 Å². The molecule has 2 N–H and O–H groups in total. The molecule has 0 spiro atoms. The van der Waals surface area contributed by atoms with Gasteiger partial charge in [-0.05, 0) is 40.0 Å². The van der Waals surface area contributed by atoms with Gasteiger partial charge in [-0.1, -0.05) is 13.8 Å². The molecule has 3 atom stereocenters. The van der Waals surface area contributed by atoms with Crippen molar-refractivity contribution in [1.82, 2.24) is 14.9 Å². The van der Waals surface area contributed by atoms with Crippen LogP contribution in [0.5, 0.6) is 0 Å². The molecule has 6 nitrogen and oxygen atoms in total. The van der Waals surface area contributed by atoms with Gasteiger partial charge in [-0.3, -0.25) is 0 Å². The molecule has 1 aliphatic rings. The molecule has 130 valence electrons. The second-order valence-corrected chi connectivity index (χ2v) is 7.63. The first-order chi connectivity index (χ1) is 10.7. The Hall–Kier alpha value is -1.56. The van der Waals surface area contributed by atoms with Crippen LogP contribution in [-0.2, 0) is 4.74 Å². The summed E-state index contributed by atoms with van der Waals surface area (Å²) in [6, 6.07) is -0.0777. The molecule has 1 aliphatic carbocycles. The molecule has 0 radical (unpaired) electrons. The zero-order valence-electron chi connectivity index (χ0n) is 14.7. The van der Waals surface area contributed by atoms with Gasteiger partial charge in [0.1, 0.15) is 11.4 Å². The van der Waals surface area contributed by atoms with E-state index in [1.807, 2.05) is 27.0 Å². The lowest BCUT2D eigenvalue weighted by Gasteiger charge is -2.36. The molecule has 1 aromatic rings. The molecule has 1 fully saturated rings. The summed E-state index contributed by atoms with van der Waals surface area (Å²) in [7, 11) is 0. The summed E-state index contributed by atoms with van der Waals surface area (Å²) in [5, 5.41) is 13.0. The average Bonchev–Trinajstić information content (AvgIpc) is 2.87. The lowest BCUT2D eigenvalue weighted by atomic mass is 9.88. The summed E-state index contributed by atoms with van der Waals surface area (Å²) in [5.74, 6) is 1.26. The SMILES string of the molecule is CC(C)c1nccn1C1CC(O)CCC1NC(=O)OC(C)(C)C. The number of hydrogen-bond donors (Lipinski definition) is 2. The Labute approximate surface area is 138 Å². The molecular formula is C17H29N3O3. The first-order valence-electron chi connectivity index (χ1n) is 8.37. The Balaban J connectivity index is 2.16. The van der Waals surface area contributed by atoms with Gasteiger partial charge in [-0.15, -0.1) is 0 Å². The Bertz CT molecular complexity index is 533. The van der Waals surface area contributed by atoms with Crippen molar-refractivity contribution in [2.24, 2.45) is 0 Å². The van der Waals surface area contributed by atoms with Gasteiger partial charge in [-0.2, -0.15) is 0 Å². The Morgan fingerprint density at radius 1 is 1.43 bits per heavy atom. The third kappa shape index (κ3) is 4.70. The fraction of sp³-hybridized carbons (Fsp3) is 0.765. The maximum Gasteiger partial charge on any atom is 0.407 e. The van der Waals surface area contributed by atoms with E-state index in [1.54, 1.807) is 6.20 Å². The van der Waals surface area contributed by atoms with E-state index < -0.39 is 11.7 Å². The third-order valence-electron chi connectivity index (χ3n) is 4.06. The fourth-order valence-corrected chi connectivity index (χ4v) is 3.11. The summed E-state index contributed by atoms with van der Waals surface area (Å²) in [4.78, 5) is 16.5. The lowest BCUT2D eigenvalue weighted by molar-refractivity contribution is 0.0394. The number of amides is 1. The first-order valence-corrected chi connectivity index (χ1v) is 8.37. The van der Waals surface area contributed by atoms with Crippen molar-refractivity contribution in [3.8, 4) is 0 Å². The highest BCUT2D eigenvalue weighted by atomic mass is 16.6. The van der Waals surface area contributed by atoms with E-state index in [2.05, 4.69) is 28.7 Å². The topological polar surface area (TPSA) is 76.4 Å². The Morgan fingerprint density at radius 2 is 2.13 bits per heavy atom. The van der Waals surface area contributed by atoms with Gasteiger partial charge in [-0.25, -0.2) is 9.78 Å². The molecule has 0 saturated heterocycles. The monoisotopic (exact) mass is 323 g/mol. The molecule has 2 rings (SSSR count). The largest absolute Gasteiger partial charge is 0.444 e. The second-order valence-electron chi connectivity index (χ2n) is 7.63. The van der Waals surface area contributed by atoms with Crippen molar-refractivity contribution >= 4 is 6.09 Å². The van der Waals surface area contributed by atoms with Crippen LogP contribution in [0.25, 0.3) is 0 Å². The molecule has 0 aliphatic heterocycles. The molecule has 6 heteroatoms. The van der Waals surface area contributed by atoms with Gasteiger partial charge >= 0.3 is 6.09 Å². The fourth-order valence-electron chi connectivity index (χ4n) is 3.11. The van der Waals surface area contributed by atoms with Crippen molar-refractivity contribution in [1.29, 1.82) is 0 Å². The number of carbonyl (C=O) groups excluding carboxylic acids is 1. The summed E-state index contributed by atoms with van der Waals surface area (Å²) in [6.45, 7) is 9.73. The average molecular weight is 323 g/mol. The number of imidazole rings is 1. The molecule has 23 heavy (non-hydrogen) atoms. The number of rotatable bonds is 3. The molecule has 1 amide bonds. The number of aliphatic hydroxyl groups is 1. The molecule has 1 saturated carbocycles. The number of nitrogens with one attached hydrogen (secondary N) is 1. The first kappa shape index (κ1) is 17.8. The summed E-state index contributed by atoms with van der Waals surface area (Å²) >= 11 is 0.